The van der Waals surface area contributed by atoms with Crippen LogP contribution < -0.4 is 11.1 Å². The Hall–Kier alpha value is -0.570. The molecule has 14 heavy (non-hydrogen) atoms. The summed E-state index contributed by atoms with van der Waals surface area (Å²) in [6.07, 6.45) is 3.95. The second-order valence-corrected chi connectivity index (χ2v) is 4.44. The van der Waals surface area contributed by atoms with Gasteiger partial charge in [0.25, 0.3) is 0 Å². The molecule has 0 bridgehead atoms. The molecule has 0 aromatic heterocycles. The van der Waals surface area contributed by atoms with E-state index in [4.69, 9.17) is 5.73 Å². The number of nitrogens with one attached hydrogen (secondary N) is 1. The van der Waals surface area contributed by atoms with E-state index < -0.39 is 0 Å². The topological polar surface area (TPSA) is 55.1 Å². The summed E-state index contributed by atoms with van der Waals surface area (Å²) in [5.41, 5.74) is 5.96. The van der Waals surface area contributed by atoms with E-state index in [1.165, 1.54) is 0 Å². The molecule has 82 valence electrons. The summed E-state index contributed by atoms with van der Waals surface area (Å²) in [4.78, 5) is 11.6. The molecule has 3 N–H and O–H groups in total. The number of nitrogens with two attached hydrogens (primary N) is 1. The van der Waals surface area contributed by atoms with Crippen molar-refractivity contribution in [2.45, 2.75) is 45.6 Å². The summed E-state index contributed by atoms with van der Waals surface area (Å²) in [6.45, 7) is 5.03. The van der Waals surface area contributed by atoms with Crippen molar-refractivity contribution in [2.75, 3.05) is 6.54 Å². The predicted octanol–water partition coefficient (Wildman–Crippen LogP) is 1.28. The highest BCUT2D eigenvalue weighted by atomic mass is 16.1. The monoisotopic (exact) mass is 198 g/mol. The van der Waals surface area contributed by atoms with Crippen LogP contribution in [-0.2, 0) is 4.79 Å². The van der Waals surface area contributed by atoms with Crippen LogP contribution in [0.25, 0.3) is 0 Å². The minimum absolute atomic E-state index is 0.160. The van der Waals surface area contributed by atoms with Gasteiger partial charge in [0, 0.05) is 18.5 Å². The first kappa shape index (κ1) is 11.5. The van der Waals surface area contributed by atoms with Gasteiger partial charge in [-0.2, -0.15) is 0 Å². The fraction of sp³-hybridized carbons (Fsp3) is 0.909. The average Bonchev–Trinajstić information content (AvgIpc) is 2.18. The summed E-state index contributed by atoms with van der Waals surface area (Å²) in [6, 6.07) is 0.209. The highest BCUT2D eigenvalue weighted by Crippen LogP contribution is 2.27. The molecule has 3 nitrogen and oxygen atoms in total. The third-order valence-corrected chi connectivity index (χ3v) is 3.18. The van der Waals surface area contributed by atoms with Gasteiger partial charge in [0.15, 0.2) is 0 Å². The number of hydrogen-bond donors (Lipinski definition) is 2. The van der Waals surface area contributed by atoms with Gasteiger partial charge in [0.1, 0.15) is 0 Å². The maximum absolute atomic E-state index is 11.6. The van der Waals surface area contributed by atoms with Crippen LogP contribution >= 0.6 is 0 Å². The zero-order valence-electron chi connectivity index (χ0n) is 9.25. The summed E-state index contributed by atoms with van der Waals surface area (Å²) >= 11 is 0. The second-order valence-electron chi connectivity index (χ2n) is 4.44. The van der Waals surface area contributed by atoms with Gasteiger partial charge in [0.2, 0.25) is 5.91 Å². The first-order valence-corrected chi connectivity index (χ1v) is 5.68. The van der Waals surface area contributed by atoms with Crippen LogP contribution in [0.5, 0.6) is 0 Å². The number of carbonyl (C=O) groups is 1. The maximum atomic E-state index is 11.6. The molecule has 3 unspecified atom stereocenters. The van der Waals surface area contributed by atoms with Crippen LogP contribution in [0.2, 0.25) is 0 Å². The second kappa shape index (κ2) is 5.35. The van der Waals surface area contributed by atoms with E-state index in [0.717, 1.165) is 32.2 Å². The van der Waals surface area contributed by atoms with Crippen LogP contribution in [-0.4, -0.2) is 18.5 Å². The van der Waals surface area contributed by atoms with Crippen molar-refractivity contribution < 1.29 is 4.79 Å². The zero-order valence-corrected chi connectivity index (χ0v) is 9.25. The minimum Gasteiger partial charge on any atom is -0.356 e. The Kier molecular flexibility index (Phi) is 4.39. The van der Waals surface area contributed by atoms with Crippen LogP contribution in [0, 0.1) is 11.8 Å². The third-order valence-electron chi connectivity index (χ3n) is 3.18. The fourth-order valence-corrected chi connectivity index (χ4v) is 1.99. The van der Waals surface area contributed by atoms with Crippen molar-refractivity contribution in [1.29, 1.82) is 0 Å². The number of hydrogen-bond acceptors (Lipinski definition) is 2. The molecule has 3 atom stereocenters. The number of rotatable bonds is 3. The van der Waals surface area contributed by atoms with Gasteiger partial charge in [0.05, 0.1) is 0 Å². The molecule has 1 aliphatic rings. The lowest BCUT2D eigenvalue weighted by Crippen LogP contribution is -2.41. The zero-order chi connectivity index (χ0) is 10.6. The Morgan fingerprint density at radius 2 is 2.21 bits per heavy atom. The summed E-state index contributed by atoms with van der Waals surface area (Å²) in [5, 5.41) is 2.94. The highest BCUT2D eigenvalue weighted by Gasteiger charge is 2.29. The van der Waals surface area contributed by atoms with Gasteiger partial charge < -0.3 is 11.1 Å². The first-order valence-electron chi connectivity index (χ1n) is 5.68. The van der Waals surface area contributed by atoms with Gasteiger partial charge in [-0.05, 0) is 31.6 Å². The molecule has 0 spiro atoms. The molecular formula is C11H22N2O. The molecule has 3 heteroatoms. The number of carbonyl (C=O) groups excluding carboxylic acids is 1. The van der Waals surface area contributed by atoms with Crippen LogP contribution in [0.1, 0.15) is 39.5 Å². The molecule has 0 aromatic rings. The standard InChI is InChI=1S/C11H22N2O/c1-3-6-13-11(14)9-5-4-8(2)10(12)7-9/h8-10H,3-7,12H2,1-2H3,(H,13,14). The predicted molar refractivity (Wildman–Crippen MR) is 57.8 cm³/mol. The minimum atomic E-state index is 0.160. The number of amides is 1. The van der Waals surface area contributed by atoms with Gasteiger partial charge in [-0.25, -0.2) is 0 Å². The van der Waals surface area contributed by atoms with Gasteiger partial charge in [-0.15, -0.1) is 0 Å². The summed E-state index contributed by atoms with van der Waals surface area (Å²) < 4.78 is 0. The Morgan fingerprint density at radius 1 is 1.50 bits per heavy atom. The quantitative estimate of drug-likeness (QED) is 0.717. The molecule has 0 aliphatic heterocycles. The van der Waals surface area contributed by atoms with Crippen molar-refractivity contribution in [1.82, 2.24) is 5.32 Å². The Balaban J connectivity index is 2.34. The maximum Gasteiger partial charge on any atom is 0.223 e. The molecule has 1 amide bonds. The highest BCUT2D eigenvalue weighted by molar-refractivity contribution is 5.78. The molecule has 1 rings (SSSR count). The van der Waals surface area contributed by atoms with Crippen LogP contribution in [0.15, 0.2) is 0 Å². The smallest absolute Gasteiger partial charge is 0.223 e. The normalized spacial score (nSPS) is 32.6. The lowest BCUT2D eigenvalue weighted by molar-refractivity contribution is -0.126. The SMILES string of the molecule is CCCNC(=O)C1CCC(C)C(N)C1. The van der Waals surface area contributed by atoms with Crippen molar-refractivity contribution >= 4 is 5.91 Å². The van der Waals surface area contributed by atoms with Crippen molar-refractivity contribution in [2.24, 2.45) is 17.6 Å². The van der Waals surface area contributed by atoms with Crippen molar-refractivity contribution in [3.05, 3.63) is 0 Å². The first-order chi connectivity index (χ1) is 6.65. The summed E-state index contributed by atoms with van der Waals surface area (Å²) in [5.74, 6) is 0.937. The third kappa shape index (κ3) is 2.98. The van der Waals surface area contributed by atoms with Crippen molar-refractivity contribution in [3.63, 3.8) is 0 Å². The van der Waals surface area contributed by atoms with Crippen LogP contribution in [0.3, 0.4) is 0 Å². The largest absolute Gasteiger partial charge is 0.356 e. The Bertz CT molecular complexity index is 194. The Morgan fingerprint density at radius 3 is 2.79 bits per heavy atom. The molecule has 1 saturated carbocycles. The molecule has 0 heterocycles. The van der Waals surface area contributed by atoms with Gasteiger partial charge in [-0.3, -0.25) is 4.79 Å². The average molecular weight is 198 g/mol. The Labute approximate surface area is 86.4 Å². The van der Waals surface area contributed by atoms with Gasteiger partial charge >= 0.3 is 0 Å². The molecule has 0 radical (unpaired) electrons. The van der Waals surface area contributed by atoms with Crippen LogP contribution in [0.4, 0.5) is 0 Å². The molecule has 1 aliphatic carbocycles. The molecule has 1 fully saturated rings. The van der Waals surface area contributed by atoms with E-state index in [1.54, 1.807) is 0 Å². The van der Waals surface area contributed by atoms with E-state index in [2.05, 4.69) is 19.2 Å². The van der Waals surface area contributed by atoms with Gasteiger partial charge in [-0.1, -0.05) is 13.8 Å². The van der Waals surface area contributed by atoms with Crippen molar-refractivity contribution in [3.8, 4) is 0 Å². The molecular weight excluding hydrogens is 176 g/mol. The van der Waals surface area contributed by atoms with E-state index in [-0.39, 0.29) is 17.9 Å². The van der Waals surface area contributed by atoms with E-state index in [9.17, 15) is 4.79 Å². The van der Waals surface area contributed by atoms with E-state index in [1.807, 2.05) is 0 Å². The van der Waals surface area contributed by atoms with E-state index in [0.29, 0.717) is 5.92 Å². The molecule has 0 saturated heterocycles. The lowest BCUT2D eigenvalue weighted by Gasteiger charge is -2.30. The van der Waals surface area contributed by atoms with E-state index >= 15 is 0 Å². The lowest BCUT2D eigenvalue weighted by atomic mass is 9.79. The fourth-order valence-electron chi connectivity index (χ4n) is 1.99. The summed E-state index contributed by atoms with van der Waals surface area (Å²) in [7, 11) is 0. The molecule has 0 aromatic carbocycles.